The number of sulfonamides is 1. The van der Waals surface area contributed by atoms with Crippen molar-refractivity contribution in [3.63, 3.8) is 0 Å². The van der Waals surface area contributed by atoms with Crippen molar-refractivity contribution in [3.05, 3.63) is 64.8 Å². The normalized spacial score (nSPS) is 11.6. The monoisotopic (exact) mass is 389 g/mol. The molecule has 0 amide bonds. The first kappa shape index (κ1) is 18.9. The lowest BCUT2D eigenvalue weighted by Crippen LogP contribution is -2.26. The molecule has 0 aliphatic carbocycles. The van der Waals surface area contributed by atoms with E-state index < -0.39 is 14.9 Å². The summed E-state index contributed by atoms with van der Waals surface area (Å²) in [5.74, 6) is 0.0597. The molecule has 0 unspecified atom stereocenters. The van der Waals surface area contributed by atoms with Crippen LogP contribution >= 0.6 is 0 Å². The average Bonchev–Trinajstić information content (AvgIpc) is 3.08. The SMILES string of the molecule is COc1ccc([N+](=O)[O-])cc1S(=O)(=O)NCCCn1ccc2ccccc21. The number of nitro benzene ring substituents is 1. The maximum Gasteiger partial charge on any atom is 0.271 e. The van der Waals surface area contributed by atoms with Crippen molar-refractivity contribution in [3.8, 4) is 5.75 Å². The number of hydrogen-bond acceptors (Lipinski definition) is 5. The van der Waals surface area contributed by atoms with Crippen LogP contribution in [0.4, 0.5) is 5.69 Å². The lowest BCUT2D eigenvalue weighted by molar-refractivity contribution is -0.385. The topological polar surface area (TPSA) is 103 Å². The maximum atomic E-state index is 12.5. The maximum absolute atomic E-state index is 12.5. The van der Waals surface area contributed by atoms with E-state index >= 15 is 0 Å². The molecule has 0 fully saturated rings. The minimum absolute atomic E-state index is 0.0597. The molecule has 3 aromatic rings. The minimum Gasteiger partial charge on any atom is -0.495 e. The Morgan fingerprint density at radius 1 is 1.19 bits per heavy atom. The first-order valence-electron chi connectivity index (χ1n) is 8.28. The summed E-state index contributed by atoms with van der Waals surface area (Å²) in [5, 5.41) is 12.0. The Morgan fingerprint density at radius 2 is 1.96 bits per heavy atom. The molecule has 0 aliphatic rings. The summed E-state index contributed by atoms with van der Waals surface area (Å²) in [6.07, 6.45) is 2.53. The smallest absolute Gasteiger partial charge is 0.271 e. The number of nitrogens with zero attached hydrogens (tertiary/aromatic N) is 2. The van der Waals surface area contributed by atoms with E-state index in [1.807, 2.05) is 36.5 Å². The number of methoxy groups -OCH3 is 1. The Morgan fingerprint density at radius 3 is 2.70 bits per heavy atom. The van der Waals surface area contributed by atoms with Gasteiger partial charge >= 0.3 is 0 Å². The van der Waals surface area contributed by atoms with Crippen LogP contribution in [0, 0.1) is 10.1 Å². The lowest BCUT2D eigenvalue weighted by Gasteiger charge is -2.11. The van der Waals surface area contributed by atoms with Crippen LogP contribution in [0.25, 0.3) is 10.9 Å². The highest BCUT2D eigenvalue weighted by atomic mass is 32.2. The Hall–Kier alpha value is -2.91. The van der Waals surface area contributed by atoms with Crippen molar-refractivity contribution in [2.75, 3.05) is 13.7 Å². The molecular formula is C18H19N3O5S. The van der Waals surface area contributed by atoms with Gasteiger partial charge in [-0.2, -0.15) is 0 Å². The fourth-order valence-electron chi connectivity index (χ4n) is 2.86. The standard InChI is InChI=1S/C18H19N3O5S/c1-26-17-8-7-15(21(22)23)13-18(17)27(24,25)19-10-4-11-20-12-9-14-5-2-3-6-16(14)20/h2-3,5-9,12-13,19H,4,10-11H2,1H3. The van der Waals surface area contributed by atoms with Crippen LogP contribution in [0.1, 0.15) is 6.42 Å². The van der Waals surface area contributed by atoms with E-state index in [0.717, 1.165) is 17.0 Å². The number of aryl methyl sites for hydroxylation is 1. The molecule has 0 aliphatic heterocycles. The molecule has 8 nitrogen and oxygen atoms in total. The summed E-state index contributed by atoms with van der Waals surface area (Å²) < 4.78 is 34.6. The molecule has 0 atom stereocenters. The molecule has 27 heavy (non-hydrogen) atoms. The highest BCUT2D eigenvalue weighted by Crippen LogP contribution is 2.28. The van der Waals surface area contributed by atoms with Crippen molar-refractivity contribution >= 4 is 26.6 Å². The third-order valence-corrected chi connectivity index (χ3v) is 5.68. The fraction of sp³-hybridized carbons (Fsp3) is 0.222. The number of rotatable bonds is 8. The van der Waals surface area contributed by atoms with Crippen molar-refractivity contribution in [1.82, 2.24) is 9.29 Å². The molecule has 2 aromatic carbocycles. The van der Waals surface area contributed by atoms with Crippen LogP contribution in [-0.4, -0.2) is 31.6 Å². The van der Waals surface area contributed by atoms with Crippen molar-refractivity contribution in [2.24, 2.45) is 0 Å². The van der Waals surface area contributed by atoms with E-state index in [0.29, 0.717) is 13.0 Å². The Labute approximate surface area is 156 Å². The van der Waals surface area contributed by atoms with Crippen molar-refractivity contribution < 1.29 is 18.1 Å². The summed E-state index contributed by atoms with van der Waals surface area (Å²) in [4.78, 5) is 10.0. The first-order chi connectivity index (χ1) is 12.9. The molecule has 9 heteroatoms. The molecular weight excluding hydrogens is 370 g/mol. The minimum atomic E-state index is -3.93. The second kappa shape index (κ2) is 7.77. The summed E-state index contributed by atoms with van der Waals surface area (Å²) in [6, 6.07) is 13.4. The number of hydrogen-bond donors (Lipinski definition) is 1. The van der Waals surface area contributed by atoms with Gasteiger partial charge in [0.2, 0.25) is 10.0 Å². The van der Waals surface area contributed by atoms with Gasteiger partial charge in [0.15, 0.2) is 0 Å². The number of fused-ring (bicyclic) bond motifs is 1. The third kappa shape index (κ3) is 4.09. The lowest BCUT2D eigenvalue weighted by atomic mass is 10.2. The van der Waals surface area contributed by atoms with Crippen molar-refractivity contribution in [1.29, 1.82) is 0 Å². The summed E-state index contributed by atoms with van der Waals surface area (Å²) in [6.45, 7) is 0.836. The zero-order valence-electron chi connectivity index (χ0n) is 14.7. The van der Waals surface area contributed by atoms with E-state index in [-0.39, 0.29) is 22.9 Å². The van der Waals surface area contributed by atoms with Gasteiger partial charge in [0, 0.05) is 36.9 Å². The number of nitrogens with one attached hydrogen (secondary N) is 1. The Kier molecular flexibility index (Phi) is 5.43. The van der Waals surface area contributed by atoms with Gasteiger partial charge in [-0.25, -0.2) is 13.1 Å². The highest BCUT2D eigenvalue weighted by Gasteiger charge is 2.22. The van der Waals surface area contributed by atoms with Gasteiger partial charge in [-0.3, -0.25) is 10.1 Å². The molecule has 142 valence electrons. The van der Waals surface area contributed by atoms with Gasteiger partial charge in [0.25, 0.3) is 5.69 Å². The van der Waals surface area contributed by atoms with Crippen LogP contribution < -0.4 is 9.46 Å². The van der Waals surface area contributed by atoms with E-state index in [1.54, 1.807) is 0 Å². The van der Waals surface area contributed by atoms with Crippen LogP contribution in [-0.2, 0) is 16.6 Å². The number of ether oxygens (including phenoxy) is 1. The van der Waals surface area contributed by atoms with Gasteiger partial charge in [-0.1, -0.05) is 18.2 Å². The molecule has 1 N–H and O–H groups in total. The van der Waals surface area contributed by atoms with Gasteiger partial charge in [0.1, 0.15) is 10.6 Å². The van der Waals surface area contributed by atoms with Crippen molar-refractivity contribution in [2.45, 2.75) is 17.9 Å². The number of nitro groups is 1. The van der Waals surface area contributed by atoms with Crippen LogP contribution in [0.3, 0.4) is 0 Å². The molecule has 1 aromatic heterocycles. The van der Waals surface area contributed by atoms with Gasteiger partial charge in [-0.15, -0.1) is 0 Å². The number of benzene rings is 2. The van der Waals surface area contributed by atoms with E-state index in [4.69, 9.17) is 4.74 Å². The number of aromatic nitrogens is 1. The Balaban J connectivity index is 1.68. The second-order valence-corrected chi connectivity index (χ2v) is 7.65. The Bertz CT molecular complexity index is 1080. The number of non-ortho nitro benzene ring substituents is 1. The molecule has 0 spiro atoms. The molecule has 0 saturated heterocycles. The molecule has 1 heterocycles. The van der Waals surface area contributed by atoms with Crippen LogP contribution in [0.2, 0.25) is 0 Å². The molecule has 0 radical (unpaired) electrons. The van der Waals surface area contributed by atoms with E-state index in [9.17, 15) is 18.5 Å². The summed E-state index contributed by atoms with van der Waals surface area (Å²) in [5.41, 5.74) is 0.774. The molecule has 3 rings (SSSR count). The number of para-hydroxylation sites is 1. The van der Waals surface area contributed by atoms with Gasteiger partial charge < -0.3 is 9.30 Å². The zero-order valence-corrected chi connectivity index (χ0v) is 15.5. The predicted octanol–water partition coefficient (Wildman–Crippen LogP) is 2.93. The zero-order chi connectivity index (χ0) is 19.4. The van der Waals surface area contributed by atoms with Crippen LogP contribution in [0.5, 0.6) is 5.75 Å². The average molecular weight is 389 g/mol. The highest BCUT2D eigenvalue weighted by molar-refractivity contribution is 7.89. The summed E-state index contributed by atoms with van der Waals surface area (Å²) in [7, 11) is -2.61. The molecule has 0 bridgehead atoms. The van der Waals surface area contributed by atoms with Gasteiger partial charge in [-0.05, 0) is 30.0 Å². The summed E-state index contributed by atoms with van der Waals surface area (Å²) >= 11 is 0. The van der Waals surface area contributed by atoms with E-state index in [2.05, 4.69) is 9.29 Å². The predicted molar refractivity (Wildman–Crippen MR) is 101 cm³/mol. The fourth-order valence-corrected chi connectivity index (χ4v) is 4.12. The van der Waals surface area contributed by atoms with E-state index in [1.165, 1.54) is 19.2 Å². The molecule has 0 saturated carbocycles. The largest absolute Gasteiger partial charge is 0.495 e. The quantitative estimate of drug-likeness (QED) is 0.362. The third-order valence-electron chi connectivity index (χ3n) is 4.20. The van der Waals surface area contributed by atoms with Gasteiger partial charge in [0.05, 0.1) is 12.0 Å². The van der Waals surface area contributed by atoms with Crippen LogP contribution in [0.15, 0.2) is 59.6 Å². The second-order valence-electron chi connectivity index (χ2n) is 5.91. The first-order valence-corrected chi connectivity index (χ1v) is 9.76.